The molecule has 0 saturated carbocycles. The van der Waals surface area contributed by atoms with Crippen LogP contribution in [-0.2, 0) is 0 Å². The number of rotatable bonds is 6. The molecule has 0 aliphatic heterocycles. The van der Waals surface area contributed by atoms with E-state index >= 15 is 0 Å². The van der Waals surface area contributed by atoms with Crippen molar-refractivity contribution in [3.63, 3.8) is 0 Å². The highest BCUT2D eigenvalue weighted by molar-refractivity contribution is 7.27. The van der Waals surface area contributed by atoms with Crippen LogP contribution >= 0.6 is 11.1 Å². The molecule has 0 saturated heterocycles. The van der Waals surface area contributed by atoms with Gasteiger partial charge < -0.3 is 0 Å². The highest BCUT2D eigenvalue weighted by Gasteiger charge is 2.30. The summed E-state index contributed by atoms with van der Waals surface area (Å²) in [7, 11) is -1.79. The molecule has 0 aliphatic rings. The summed E-state index contributed by atoms with van der Waals surface area (Å²) in [6, 6.07) is 12.7. The van der Waals surface area contributed by atoms with Crippen molar-refractivity contribution < 1.29 is 0 Å². The molecular weight excluding hydrogens is 220 g/mol. The van der Waals surface area contributed by atoms with E-state index in [0.717, 1.165) is 12.1 Å². The summed E-state index contributed by atoms with van der Waals surface area (Å²) in [6.07, 6.45) is 4.41. The van der Waals surface area contributed by atoms with Crippen molar-refractivity contribution in [2.75, 3.05) is 0 Å². The van der Waals surface area contributed by atoms with E-state index in [1.807, 2.05) is 12.1 Å². The average molecular weight is 239 g/mol. The van der Waals surface area contributed by atoms with Gasteiger partial charge in [0, 0.05) is 0 Å². The Hall–Kier alpha value is -0.533. The molecule has 0 fully saturated rings. The van der Waals surface area contributed by atoms with E-state index < -0.39 is 7.38 Å². The molecule has 1 atom stereocenters. The zero-order valence-corrected chi connectivity index (χ0v) is 11.1. The monoisotopic (exact) mass is 238 g/mol. The molecule has 0 aromatic heterocycles. The van der Waals surface area contributed by atoms with Gasteiger partial charge >= 0.3 is 0 Å². The zero-order chi connectivity index (χ0) is 11.1. The van der Waals surface area contributed by atoms with Gasteiger partial charge in [0.15, 0.2) is 7.38 Å². The van der Waals surface area contributed by atoms with Crippen LogP contribution < -0.4 is 5.19 Å². The first kappa shape index (κ1) is 12.5. The second-order valence-corrected chi connectivity index (χ2v) is 9.51. The van der Waals surface area contributed by atoms with Crippen molar-refractivity contribution in [3.8, 4) is 0 Å². The van der Waals surface area contributed by atoms with Crippen LogP contribution in [0, 0.1) is 0 Å². The van der Waals surface area contributed by atoms with Gasteiger partial charge in [0.1, 0.15) is 0 Å². The molecule has 0 spiro atoms. The molecule has 1 rings (SSSR count). The lowest BCUT2D eigenvalue weighted by Gasteiger charge is -2.23. The van der Waals surface area contributed by atoms with Gasteiger partial charge in [0.2, 0.25) is 0 Å². The van der Waals surface area contributed by atoms with Gasteiger partial charge in [0.05, 0.1) is 0 Å². The highest BCUT2D eigenvalue weighted by atomic mass is 35.6. The number of unbranched alkanes of at least 4 members (excludes halogenated alkanes) is 1. The largest absolute Gasteiger partial charge is 0.190 e. The Morgan fingerprint density at radius 2 is 2.00 bits per heavy atom. The molecule has 0 aliphatic carbocycles. The number of hydrogen-bond donors (Lipinski definition) is 0. The summed E-state index contributed by atoms with van der Waals surface area (Å²) >= 11 is 6.81. The minimum absolute atomic E-state index is 0.971. The number of allylic oxidation sites excluding steroid dienone is 1. The van der Waals surface area contributed by atoms with Gasteiger partial charge in [0.25, 0.3) is 0 Å². The standard InChI is InChI=1S/C13H19ClSi/c1-3-5-12-15(14,11-4-2)13-9-7-6-8-10-13/h4,6-10H,2-3,5,11-12H2,1H3. The first-order chi connectivity index (χ1) is 7.23. The van der Waals surface area contributed by atoms with Crippen LogP contribution in [0.2, 0.25) is 12.1 Å². The zero-order valence-electron chi connectivity index (χ0n) is 9.38. The lowest BCUT2D eigenvalue weighted by atomic mass is 10.4. The van der Waals surface area contributed by atoms with Crippen LogP contribution in [0.4, 0.5) is 0 Å². The molecule has 0 bridgehead atoms. The summed E-state index contributed by atoms with van der Waals surface area (Å²) in [4.78, 5) is 0. The maximum absolute atomic E-state index is 6.81. The van der Waals surface area contributed by atoms with E-state index in [2.05, 4.69) is 37.8 Å². The lowest BCUT2D eigenvalue weighted by Crippen LogP contribution is -2.41. The molecule has 2 heteroatoms. The van der Waals surface area contributed by atoms with Crippen LogP contribution in [0.1, 0.15) is 19.8 Å². The third-order valence-corrected chi connectivity index (χ3v) is 7.82. The summed E-state index contributed by atoms with van der Waals surface area (Å²) in [6.45, 7) is 6.04. The quantitative estimate of drug-likeness (QED) is 0.398. The summed E-state index contributed by atoms with van der Waals surface area (Å²) in [5, 5.41) is 1.35. The fourth-order valence-corrected chi connectivity index (χ4v) is 5.78. The van der Waals surface area contributed by atoms with Crippen LogP contribution in [0.5, 0.6) is 0 Å². The lowest BCUT2D eigenvalue weighted by molar-refractivity contribution is 0.873. The topological polar surface area (TPSA) is 0 Å². The summed E-state index contributed by atoms with van der Waals surface area (Å²) in [5.74, 6) is 0. The molecule has 0 radical (unpaired) electrons. The van der Waals surface area contributed by atoms with E-state index in [-0.39, 0.29) is 0 Å². The molecule has 0 nitrogen and oxygen atoms in total. The Morgan fingerprint density at radius 1 is 1.33 bits per heavy atom. The smallest absolute Gasteiger partial charge is 0.161 e. The molecule has 1 unspecified atom stereocenters. The van der Waals surface area contributed by atoms with Crippen LogP contribution in [0.3, 0.4) is 0 Å². The van der Waals surface area contributed by atoms with E-state index in [0.29, 0.717) is 0 Å². The van der Waals surface area contributed by atoms with Crippen LogP contribution in [0.15, 0.2) is 43.0 Å². The SMILES string of the molecule is C=CC[Si](Cl)(CCCC)c1ccccc1. The van der Waals surface area contributed by atoms with Crippen molar-refractivity contribution in [2.45, 2.75) is 31.9 Å². The van der Waals surface area contributed by atoms with Crippen molar-refractivity contribution >= 4 is 23.6 Å². The fraction of sp³-hybridized carbons (Fsp3) is 0.385. The van der Waals surface area contributed by atoms with Gasteiger partial charge in [-0.25, -0.2) is 0 Å². The first-order valence-corrected chi connectivity index (χ1v) is 9.01. The molecule has 1 aromatic rings. The van der Waals surface area contributed by atoms with Gasteiger partial charge in [-0.2, -0.15) is 11.1 Å². The molecule has 1 aromatic carbocycles. The molecular formula is C13H19ClSi. The number of halogens is 1. The summed E-state index contributed by atoms with van der Waals surface area (Å²) < 4.78 is 0. The second-order valence-electron chi connectivity index (χ2n) is 3.93. The third-order valence-electron chi connectivity index (χ3n) is 2.69. The predicted octanol–water partition coefficient (Wildman–Crippen LogP) is 4.06. The normalized spacial score (nSPS) is 14.5. The van der Waals surface area contributed by atoms with Gasteiger partial charge in [-0.3, -0.25) is 0 Å². The summed E-state index contributed by atoms with van der Waals surface area (Å²) in [5.41, 5.74) is 0. The molecule has 0 amide bonds. The Labute approximate surface area is 98.7 Å². The molecule has 0 heterocycles. The van der Waals surface area contributed by atoms with Gasteiger partial charge in [-0.15, -0.1) is 6.58 Å². The minimum Gasteiger partial charge on any atom is -0.161 e. The molecule has 15 heavy (non-hydrogen) atoms. The Bertz CT molecular complexity index is 297. The second kappa shape index (κ2) is 6.14. The van der Waals surface area contributed by atoms with Crippen LogP contribution in [-0.4, -0.2) is 7.38 Å². The molecule has 0 N–H and O–H groups in total. The van der Waals surface area contributed by atoms with Crippen molar-refractivity contribution in [1.82, 2.24) is 0 Å². The maximum atomic E-state index is 6.81. The van der Waals surface area contributed by atoms with Gasteiger partial charge in [-0.1, -0.05) is 56.2 Å². The van der Waals surface area contributed by atoms with Crippen molar-refractivity contribution in [1.29, 1.82) is 0 Å². The third kappa shape index (κ3) is 3.51. The van der Waals surface area contributed by atoms with E-state index in [1.54, 1.807) is 0 Å². The average Bonchev–Trinajstić information content (AvgIpc) is 2.28. The Balaban J connectivity index is 2.85. The fourth-order valence-electron chi connectivity index (χ4n) is 1.79. The highest BCUT2D eigenvalue weighted by Crippen LogP contribution is 2.23. The molecule has 82 valence electrons. The number of benzene rings is 1. The maximum Gasteiger partial charge on any atom is 0.190 e. The minimum atomic E-state index is -1.79. The van der Waals surface area contributed by atoms with Crippen molar-refractivity contribution in [2.24, 2.45) is 0 Å². The van der Waals surface area contributed by atoms with Crippen molar-refractivity contribution in [3.05, 3.63) is 43.0 Å². The number of hydrogen-bond acceptors (Lipinski definition) is 0. The van der Waals surface area contributed by atoms with E-state index in [9.17, 15) is 0 Å². The van der Waals surface area contributed by atoms with Crippen LogP contribution in [0.25, 0.3) is 0 Å². The van der Waals surface area contributed by atoms with Gasteiger partial charge in [-0.05, 0) is 17.3 Å². The Kier molecular flexibility index (Phi) is 5.13. The predicted molar refractivity (Wildman–Crippen MR) is 72.4 cm³/mol. The first-order valence-electron chi connectivity index (χ1n) is 5.58. The van der Waals surface area contributed by atoms with E-state index in [4.69, 9.17) is 11.1 Å². The Morgan fingerprint density at radius 3 is 2.53 bits per heavy atom. The van der Waals surface area contributed by atoms with E-state index in [1.165, 1.54) is 18.0 Å².